The molecule has 0 radical (unpaired) electrons. The van der Waals surface area contributed by atoms with Crippen LogP contribution in [-0.4, -0.2) is 55.9 Å². The van der Waals surface area contributed by atoms with Crippen LogP contribution in [0.3, 0.4) is 0 Å². The third kappa shape index (κ3) is 6.36. The maximum Gasteiger partial charge on any atom is 0.293 e. The molecule has 9 heteroatoms. The van der Waals surface area contributed by atoms with Gasteiger partial charge in [0.2, 0.25) is 0 Å². The van der Waals surface area contributed by atoms with Crippen molar-refractivity contribution in [2.24, 2.45) is 0 Å². The Labute approximate surface area is 196 Å². The minimum atomic E-state index is -0.356. The molecule has 1 fully saturated rings. The predicted molar refractivity (Wildman–Crippen MR) is 127 cm³/mol. The fourth-order valence-corrected chi connectivity index (χ4v) is 3.95. The molecule has 3 rings (SSSR count). The number of nitrogens with one attached hydrogen (secondary N) is 1. The zero-order chi connectivity index (χ0) is 23.8. The zero-order valence-electron chi connectivity index (χ0n) is 18.8. The summed E-state index contributed by atoms with van der Waals surface area (Å²) in [5.41, 5.74) is 2.55. The molecule has 33 heavy (non-hydrogen) atoms. The van der Waals surface area contributed by atoms with Crippen LogP contribution in [0.4, 0.5) is 10.5 Å². The van der Waals surface area contributed by atoms with Crippen molar-refractivity contribution in [2.45, 2.75) is 13.3 Å². The highest BCUT2D eigenvalue weighted by molar-refractivity contribution is 8.18. The van der Waals surface area contributed by atoms with Gasteiger partial charge in [0.15, 0.2) is 18.1 Å². The quantitative estimate of drug-likeness (QED) is 0.525. The molecule has 0 bridgehead atoms. The van der Waals surface area contributed by atoms with E-state index in [9.17, 15) is 14.4 Å². The van der Waals surface area contributed by atoms with E-state index in [1.807, 2.05) is 24.3 Å². The van der Waals surface area contributed by atoms with Gasteiger partial charge in [-0.15, -0.1) is 0 Å². The summed E-state index contributed by atoms with van der Waals surface area (Å²) in [5, 5.41) is 2.46. The standard InChI is InChI=1S/C24H26N2O6S/c1-4-16-5-8-18(9-6-16)25-22(27)15-32-19-10-7-17(13-20(19)31-3)14-21-23(28)26(11-12-30-2)24(29)33-21/h5-10,13-14H,4,11-12,15H2,1-3H3,(H,25,27)/b21-14-. The number of imide groups is 1. The Hall–Kier alpha value is -3.30. The van der Waals surface area contributed by atoms with Crippen LogP contribution in [-0.2, 0) is 20.7 Å². The van der Waals surface area contributed by atoms with Crippen LogP contribution in [0.15, 0.2) is 47.4 Å². The Bertz CT molecular complexity index is 1050. The van der Waals surface area contributed by atoms with E-state index < -0.39 is 0 Å². The van der Waals surface area contributed by atoms with Crippen LogP contribution in [0.2, 0.25) is 0 Å². The van der Waals surface area contributed by atoms with Crippen LogP contribution < -0.4 is 14.8 Å². The lowest BCUT2D eigenvalue weighted by Gasteiger charge is -2.12. The van der Waals surface area contributed by atoms with Crippen molar-refractivity contribution < 1.29 is 28.6 Å². The first-order valence-corrected chi connectivity index (χ1v) is 11.2. The smallest absolute Gasteiger partial charge is 0.293 e. The van der Waals surface area contributed by atoms with Crippen molar-refractivity contribution in [2.75, 3.05) is 39.3 Å². The van der Waals surface area contributed by atoms with Gasteiger partial charge in [0, 0.05) is 12.8 Å². The summed E-state index contributed by atoms with van der Waals surface area (Å²) >= 11 is 0.880. The highest BCUT2D eigenvalue weighted by Gasteiger charge is 2.34. The first kappa shape index (κ1) is 24.3. The van der Waals surface area contributed by atoms with Crippen LogP contribution in [0.25, 0.3) is 6.08 Å². The summed E-state index contributed by atoms with van der Waals surface area (Å²) < 4.78 is 15.9. The number of rotatable bonds is 10. The van der Waals surface area contributed by atoms with Gasteiger partial charge in [-0.2, -0.15) is 0 Å². The van der Waals surface area contributed by atoms with E-state index in [2.05, 4.69) is 12.2 Å². The fraction of sp³-hybridized carbons (Fsp3) is 0.292. The monoisotopic (exact) mass is 470 g/mol. The van der Waals surface area contributed by atoms with Gasteiger partial charge in [-0.25, -0.2) is 0 Å². The van der Waals surface area contributed by atoms with E-state index in [0.717, 1.165) is 23.1 Å². The molecule has 0 aromatic heterocycles. The lowest BCUT2D eigenvalue weighted by molar-refractivity contribution is -0.123. The molecule has 2 aromatic carbocycles. The second-order valence-corrected chi connectivity index (χ2v) is 8.12. The molecular formula is C24H26N2O6S. The van der Waals surface area contributed by atoms with E-state index in [1.54, 1.807) is 24.3 Å². The number of carbonyl (C=O) groups is 3. The molecule has 1 saturated heterocycles. The summed E-state index contributed by atoms with van der Waals surface area (Å²) in [5.74, 6) is 0.141. The maximum absolute atomic E-state index is 12.5. The molecule has 3 amide bonds. The highest BCUT2D eigenvalue weighted by Crippen LogP contribution is 2.34. The summed E-state index contributed by atoms with van der Waals surface area (Å²) in [7, 11) is 3.00. The molecule has 0 saturated carbocycles. The van der Waals surface area contributed by atoms with Crippen molar-refractivity contribution in [3.63, 3.8) is 0 Å². The van der Waals surface area contributed by atoms with Gasteiger partial charge in [0.1, 0.15) is 0 Å². The molecule has 0 aliphatic carbocycles. The molecule has 1 heterocycles. The Kier molecular flexibility index (Phi) is 8.51. The molecule has 0 spiro atoms. The van der Waals surface area contributed by atoms with Crippen LogP contribution in [0, 0.1) is 0 Å². The molecule has 174 valence electrons. The van der Waals surface area contributed by atoms with E-state index >= 15 is 0 Å². The van der Waals surface area contributed by atoms with Gasteiger partial charge in [0.05, 0.1) is 25.2 Å². The third-order valence-corrected chi connectivity index (χ3v) is 5.79. The summed E-state index contributed by atoms with van der Waals surface area (Å²) in [6.45, 7) is 2.37. The van der Waals surface area contributed by atoms with Crippen molar-refractivity contribution in [3.05, 3.63) is 58.5 Å². The van der Waals surface area contributed by atoms with Gasteiger partial charge in [-0.1, -0.05) is 25.1 Å². The molecule has 2 aromatic rings. The molecule has 8 nitrogen and oxygen atoms in total. The van der Waals surface area contributed by atoms with Crippen LogP contribution in [0.5, 0.6) is 11.5 Å². The van der Waals surface area contributed by atoms with Crippen LogP contribution >= 0.6 is 11.8 Å². The van der Waals surface area contributed by atoms with Gasteiger partial charge < -0.3 is 19.5 Å². The highest BCUT2D eigenvalue weighted by atomic mass is 32.2. The summed E-state index contributed by atoms with van der Waals surface area (Å²) in [6, 6.07) is 12.7. The number of amides is 3. The SMILES string of the molecule is CCc1ccc(NC(=O)COc2ccc(/C=C3\SC(=O)N(CCOC)C3=O)cc2OC)cc1. The fourth-order valence-electron chi connectivity index (χ4n) is 3.08. The Balaban J connectivity index is 1.63. The Morgan fingerprint density at radius 1 is 1.09 bits per heavy atom. The van der Waals surface area contributed by atoms with Gasteiger partial charge in [-0.05, 0) is 59.7 Å². The molecule has 1 N–H and O–H groups in total. The average Bonchev–Trinajstić information content (AvgIpc) is 3.09. The summed E-state index contributed by atoms with van der Waals surface area (Å²) in [6.07, 6.45) is 2.55. The van der Waals surface area contributed by atoms with E-state index in [1.165, 1.54) is 19.8 Å². The number of thioether (sulfide) groups is 1. The Morgan fingerprint density at radius 2 is 1.85 bits per heavy atom. The number of carbonyl (C=O) groups excluding carboxylic acids is 3. The van der Waals surface area contributed by atoms with Gasteiger partial charge in [0.25, 0.3) is 17.1 Å². The number of hydrogen-bond donors (Lipinski definition) is 1. The minimum absolute atomic E-state index is 0.191. The number of aryl methyl sites for hydroxylation is 1. The van der Waals surface area contributed by atoms with Gasteiger partial charge >= 0.3 is 0 Å². The maximum atomic E-state index is 12.5. The lowest BCUT2D eigenvalue weighted by atomic mass is 10.1. The number of benzene rings is 2. The lowest BCUT2D eigenvalue weighted by Crippen LogP contribution is -2.31. The van der Waals surface area contributed by atoms with Crippen molar-refractivity contribution in [3.8, 4) is 11.5 Å². The largest absolute Gasteiger partial charge is 0.493 e. The molecule has 1 aliphatic heterocycles. The number of nitrogens with zero attached hydrogens (tertiary/aromatic N) is 1. The minimum Gasteiger partial charge on any atom is -0.493 e. The van der Waals surface area contributed by atoms with E-state index in [0.29, 0.717) is 27.7 Å². The second-order valence-electron chi connectivity index (χ2n) is 7.12. The number of hydrogen-bond acceptors (Lipinski definition) is 7. The predicted octanol–water partition coefficient (Wildman–Crippen LogP) is 3.96. The third-order valence-electron chi connectivity index (χ3n) is 4.88. The molecular weight excluding hydrogens is 444 g/mol. The molecule has 0 atom stereocenters. The zero-order valence-corrected chi connectivity index (χ0v) is 19.6. The molecule has 1 aliphatic rings. The van der Waals surface area contributed by atoms with E-state index in [4.69, 9.17) is 14.2 Å². The molecule has 0 unspecified atom stereocenters. The number of anilines is 1. The topological polar surface area (TPSA) is 94.2 Å². The first-order chi connectivity index (χ1) is 15.9. The summed E-state index contributed by atoms with van der Waals surface area (Å²) in [4.78, 5) is 38.3. The average molecular weight is 471 g/mol. The van der Waals surface area contributed by atoms with Crippen LogP contribution in [0.1, 0.15) is 18.1 Å². The first-order valence-electron chi connectivity index (χ1n) is 10.4. The Morgan fingerprint density at radius 3 is 2.52 bits per heavy atom. The van der Waals surface area contributed by atoms with Crippen molar-refractivity contribution >= 4 is 40.6 Å². The number of methoxy groups -OCH3 is 2. The van der Waals surface area contributed by atoms with Gasteiger partial charge in [-0.3, -0.25) is 19.3 Å². The second kappa shape index (κ2) is 11.5. The van der Waals surface area contributed by atoms with E-state index in [-0.39, 0.29) is 36.8 Å². The normalized spacial score (nSPS) is 14.6. The van der Waals surface area contributed by atoms with Crippen molar-refractivity contribution in [1.82, 2.24) is 4.90 Å². The number of ether oxygens (including phenoxy) is 3. The van der Waals surface area contributed by atoms with Crippen molar-refractivity contribution in [1.29, 1.82) is 0 Å².